The minimum Gasteiger partial charge on any atom is -0.545 e. The van der Waals surface area contributed by atoms with E-state index in [-0.39, 0.29) is 81.3 Å². The Bertz CT molecular complexity index is 867. The van der Waals surface area contributed by atoms with Crippen molar-refractivity contribution >= 4 is 16.9 Å². The van der Waals surface area contributed by atoms with Crippen molar-refractivity contribution < 1.29 is 85.8 Å². The first-order valence-electron chi connectivity index (χ1n) is 6.32. The summed E-state index contributed by atoms with van der Waals surface area (Å²) < 4.78 is 10.5. The number of fused-ring (bicyclic) bond motifs is 2. The number of aliphatic hydroxyl groups is 1. The van der Waals surface area contributed by atoms with Gasteiger partial charge in [0.2, 0.25) is 0 Å². The van der Waals surface area contributed by atoms with Gasteiger partial charge in [0.25, 0.3) is 0 Å². The van der Waals surface area contributed by atoms with Crippen molar-refractivity contribution in [1.29, 1.82) is 0 Å². The van der Waals surface area contributed by atoms with Crippen LogP contribution < -0.4 is 61.9 Å². The molecule has 1 aliphatic rings. The van der Waals surface area contributed by atoms with Crippen LogP contribution in [0.3, 0.4) is 0 Å². The second-order valence-electron chi connectivity index (χ2n) is 5.25. The van der Waals surface area contributed by atoms with Crippen LogP contribution in [0.2, 0.25) is 0 Å². The molecular formula is C14H11KO8. The number of hydrogen-bond acceptors (Lipinski definition) is 8. The molecule has 2 heterocycles. The Kier molecular flexibility index (Phi) is 4.93. The van der Waals surface area contributed by atoms with Gasteiger partial charge in [-0.05, 0) is 6.92 Å². The molecule has 1 aromatic carbocycles. The minimum atomic E-state index is -1.82. The second kappa shape index (κ2) is 6.17. The van der Waals surface area contributed by atoms with Crippen LogP contribution in [0, 0.1) is 0 Å². The molecule has 0 radical (unpaired) electrons. The average Bonchev–Trinajstić information content (AvgIpc) is 2.39. The van der Waals surface area contributed by atoms with E-state index in [0.717, 1.165) is 6.07 Å². The van der Waals surface area contributed by atoms with Crippen LogP contribution in [0.25, 0.3) is 11.0 Å². The molecule has 1 aliphatic heterocycles. The van der Waals surface area contributed by atoms with Gasteiger partial charge in [0.15, 0.2) is 22.7 Å². The molecule has 8 nitrogen and oxygen atoms in total. The van der Waals surface area contributed by atoms with E-state index in [1.165, 1.54) is 6.92 Å². The molecular weight excluding hydrogens is 335 g/mol. The quantitative estimate of drug-likeness (QED) is 0.355. The van der Waals surface area contributed by atoms with Gasteiger partial charge in [-0.25, -0.2) is 0 Å². The standard InChI is InChI=1S/C14H12O8.K/c1-14(20)3-8-5(4-21-14)11(16)9-7(22-8)2-6(15)12(17)10(9)13(18)19;/h2,15,17,20H,3-4H2,1H3,(H,18,19);/q;+1/p-1. The monoisotopic (exact) mass is 346 g/mol. The van der Waals surface area contributed by atoms with E-state index in [2.05, 4.69) is 0 Å². The molecule has 0 aliphatic carbocycles. The zero-order chi connectivity index (χ0) is 16.2. The Morgan fingerprint density at radius 3 is 2.65 bits per heavy atom. The number of ether oxygens (including phenoxy) is 1. The van der Waals surface area contributed by atoms with Gasteiger partial charge >= 0.3 is 51.4 Å². The largest absolute Gasteiger partial charge is 1.00 e. The minimum absolute atomic E-state index is 0. The van der Waals surface area contributed by atoms with E-state index in [0.29, 0.717) is 0 Å². The number of benzene rings is 1. The molecule has 1 unspecified atom stereocenters. The molecule has 0 bridgehead atoms. The Hall–Kier alpha value is -0.944. The molecule has 1 atom stereocenters. The summed E-state index contributed by atoms with van der Waals surface area (Å²) in [6, 6.07) is 0.933. The van der Waals surface area contributed by atoms with E-state index < -0.39 is 39.6 Å². The molecule has 2 aromatic rings. The number of carbonyl (C=O) groups is 1. The molecule has 23 heavy (non-hydrogen) atoms. The first kappa shape index (κ1) is 18.4. The maximum Gasteiger partial charge on any atom is 1.00 e. The Labute approximate surface area is 171 Å². The summed E-state index contributed by atoms with van der Waals surface area (Å²) in [6.07, 6.45) is -0.115. The van der Waals surface area contributed by atoms with Gasteiger partial charge in [-0.15, -0.1) is 0 Å². The predicted molar refractivity (Wildman–Crippen MR) is 69.3 cm³/mol. The molecule has 0 saturated heterocycles. The SMILES string of the molecule is CC1(O)Cc2oc3cc(O)c(O)c(C(=O)[O-])c3c(=O)c2CO1.[K+]. The first-order chi connectivity index (χ1) is 10.2. The van der Waals surface area contributed by atoms with Gasteiger partial charge < -0.3 is 34.4 Å². The van der Waals surface area contributed by atoms with E-state index in [4.69, 9.17) is 9.15 Å². The number of carbonyl (C=O) groups excluding carboxylic acids is 1. The van der Waals surface area contributed by atoms with Gasteiger partial charge in [-0.2, -0.15) is 0 Å². The van der Waals surface area contributed by atoms with Gasteiger partial charge in [-0.3, -0.25) is 4.79 Å². The normalized spacial score (nSPS) is 19.9. The van der Waals surface area contributed by atoms with E-state index in [1.807, 2.05) is 0 Å². The average molecular weight is 346 g/mol. The van der Waals surface area contributed by atoms with Crippen LogP contribution in [-0.2, 0) is 17.8 Å². The van der Waals surface area contributed by atoms with E-state index in [9.17, 15) is 30.0 Å². The van der Waals surface area contributed by atoms with Gasteiger partial charge in [0, 0.05) is 6.07 Å². The molecule has 0 amide bonds. The molecule has 9 heteroatoms. The third kappa shape index (κ3) is 3.05. The second-order valence-corrected chi connectivity index (χ2v) is 5.25. The molecule has 116 valence electrons. The first-order valence-corrected chi connectivity index (χ1v) is 6.32. The third-order valence-corrected chi connectivity index (χ3v) is 3.53. The smallest absolute Gasteiger partial charge is 0.545 e. The van der Waals surface area contributed by atoms with Crippen LogP contribution in [-0.4, -0.2) is 27.1 Å². The third-order valence-electron chi connectivity index (χ3n) is 3.53. The number of aromatic carboxylic acids is 1. The molecule has 1 aromatic heterocycles. The van der Waals surface area contributed by atoms with E-state index in [1.54, 1.807) is 0 Å². The maximum atomic E-state index is 12.5. The summed E-state index contributed by atoms with van der Waals surface area (Å²) in [5.41, 5.74) is -1.74. The number of phenolic OH excluding ortho intramolecular Hbond substituents is 1. The fraction of sp³-hybridized carbons (Fsp3) is 0.286. The van der Waals surface area contributed by atoms with Crippen molar-refractivity contribution in [2.45, 2.75) is 25.7 Å². The van der Waals surface area contributed by atoms with Crippen LogP contribution in [0.15, 0.2) is 15.3 Å². The van der Waals surface area contributed by atoms with Crippen molar-refractivity contribution in [3.05, 3.63) is 33.2 Å². The van der Waals surface area contributed by atoms with Crippen LogP contribution in [0.5, 0.6) is 11.5 Å². The van der Waals surface area contributed by atoms with E-state index >= 15 is 0 Å². The molecule has 0 fully saturated rings. The maximum absolute atomic E-state index is 12.5. The fourth-order valence-corrected chi connectivity index (χ4v) is 2.48. The number of rotatable bonds is 1. The summed E-state index contributed by atoms with van der Waals surface area (Å²) in [6.45, 7) is 1.12. The number of carboxylic acid groups (broad SMARTS) is 1. The zero-order valence-corrected chi connectivity index (χ0v) is 15.5. The molecule has 0 spiro atoms. The summed E-state index contributed by atoms with van der Waals surface area (Å²) in [5, 5.41) is 39.8. The van der Waals surface area contributed by atoms with Gasteiger partial charge in [0.05, 0.1) is 35.5 Å². The summed E-state index contributed by atoms with van der Waals surface area (Å²) in [4.78, 5) is 23.6. The molecule has 0 saturated carbocycles. The fourth-order valence-electron chi connectivity index (χ4n) is 2.48. The summed E-state index contributed by atoms with van der Waals surface area (Å²) in [5.74, 6) is -4.94. The number of aromatic hydroxyl groups is 2. The van der Waals surface area contributed by atoms with Crippen molar-refractivity contribution in [2.75, 3.05) is 0 Å². The van der Waals surface area contributed by atoms with Gasteiger partial charge in [-0.1, -0.05) is 0 Å². The topological polar surface area (TPSA) is 140 Å². The number of hydrogen-bond donors (Lipinski definition) is 3. The van der Waals surface area contributed by atoms with Crippen molar-refractivity contribution in [3.8, 4) is 11.5 Å². The summed E-state index contributed by atoms with van der Waals surface area (Å²) >= 11 is 0. The van der Waals surface area contributed by atoms with Gasteiger partial charge in [0.1, 0.15) is 11.3 Å². The Morgan fingerprint density at radius 2 is 2.04 bits per heavy atom. The van der Waals surface area contributed by atoms with Crippen LogP contribution in [0.4, 0.5) is 0 Å². The predicted octanol–water partition coefficient (Wildman–Crippen LogP) is -3.65. The van der Waals surface area contributed by atoms with Crippen molar-refractivity contribution in [2.24, 2.45) is 0 Å². The summed E-state index contributed by atoms with van der Waals surface area (Å²) in [7, 11) is 0. The van der Waals surface area contributed by atoms with Crippen molar-refractivity contribution in [3.63, 3.8) is 0 Å². The van der Waals surface area contributed by atoms with Crippen LogP contribution in [0.1, 0.15) is 28.6 Å². The number of phenols is 2. The zero-order valence-electron chi connectivity index (χ0n) is 12.4. The number of carboxylic acids is 1. The van der Waals surface area contributed by atoms with Crippen LogP contribution >= 0.6 is 0 Å². The Morgan fingerprint density at radius 1 is 1.39 bits per heavy atom. The Balaban J connectivity index is 0.00000192. The molecule has 3 rings (SSSR count). The molecule has 3 N–H and O–H groups in total. The van der Waals surface area contributed by atoms with Crippen molar-refractivity contribution in [1.82, 2.24) is 0 Å².